The summed E-state index contributed by atoms with van der Waals surface area (Å²) in [6, 6.07) is 4.15. The Kier molecular flexibility index (Phi) is 4.85. The van der Waals surface area contributed by atoms with Gasteiger partial charge in [0.05, 0.1) is 0 Å². The first-order valence-corrected chi connectivity index (χ1v) is 6.22. The van der Waals surface area contributed by atoms with Crippen molar-refractivity contribution in [2.45, 2.75) is 51.9 Å². The summed E-state index contributed by atoms with van der Waals surface area (Å²) >= 11 is 0. The Balaban J connectivity index is 3.12. The highest BCUT2D eigenvalue weighted by Gasteiger charge is 2.44. The molecule has 5 heteroatoms. The van der Waals surface area contributed by atoms with Crippen molar-refractivity contribution in [2.24, 2.45) is 5.73 Å². The van der Waals surface area contributed by atoms with E-state index in [1.165, 1.54) is 6.92 Å². The number of alkyl halides is 3. The van der Waals surface area contributed by atoms with Crippen molar-refractivity contribution in [3.8, 4) is 5.75 Å². The minimum atomic E-state index is -4.48. The summed E-state index contributed by atoms with van der Waals surface area (Å²) in [6.45, 7) is 6.92. The van der Waals surface area contributed by atoms with E-state index in [4.69, 9.17) is 10.5 Å². The Morgan fingerprint density at radius 3 is 2.16 bits per heavy atom. The molecule has 0 aliphatic rings. The van der Waals surface area contributed by atoms with Gasteiger partial charge in [-0.3, -0.25) is 0 Å². The van der Waals surface area contributed by atoms with Crippen LogP contribution in [-0.4, -0.2) is 18.3 Å². The van der Waals surface area contributed by atoms with Crippen LogP contribution >= 0.6 is 0 Å². The molecule has 1 aromatic rings. The van der Waals surface area contributed by atoms with Crippen LogP contribution in [0.3, 0.4) is 0 Å². The van der Waals surface area contributed by atoms with E-state index in [-0.39, 0.29) is 11.7 Å². The Morgan fingerprint density at radius 1 is 1.16 bits per heavy atom. The molecule has 19 heavy (non-hydrogen) atoms. The van der Waals surface area contributed by atoms with Gasteiger partial charge in [-0.05, 0) is 37.0 Å². The molecule has 0 radical (unpaired) electrons. The van der Waals surface area contributed by atoms with Gasteiger partial charge in [-0.1, -0.05) is 26.0 Å². The highest BCUT2D eigenvalue weighted by molar-refractivity contribution is 5.39. The first kappa shape index (κ1) is 15.8. The van der Waals surface area contributed by atoms with E-state index in [2.05, 4.69) is 0 Å². The van der Waals surface area contributed by atoms with E-state index in [1.54, 1.807) is 12.1 Å². The van der Waals surface area contributed by atoms with E-state index in [9.17, 15) is 13.2 Å². The number of hydrogen-bond donors (Lipinski definition) is 1. The monoisotopic (exact) mass is 275 g/mol. The maximum atomic E-state index is 12.9. The van der Waals surface area contributed by atoms with Gasteiger partial charge in [-0.25, -0.2) is 0 Å². The smallest absolute Gasteiger partial charge is 0.426 e. The zero-order valence-corrected chi connectivity index (χ0v) is 11.6. The molecule has 0 saturated carbocycles. The molecular formula is C14H20F3NO. The molecule has 0 spiro atoms. The SMILES string of the molecule is Cc1ccc(C(C)C)c(OC(C(C)N)C(F)(F)F)c1. The van der Waals surface area contributed by atoms with Gasteiger partial charge < -0.3 is 10.5 Å². The number of nitrogens with two attached hydrogens (primary N) is 1. The lowest BCUT2D eigenvalue weighted by Gasteiger charge is -2.26. The van der Waals surface area contributed by atoms with Gasteiger partial charge in [0.1, 0.15) is 5.75 Å². The van der Waals surface area contributed by atoms with Crippen molar-refractivity contribution in [3.63, 3.8) is 0 Å². The third-order valence-electron chi connectivity index (χ3n) is 2.85. The van der Waals surface area contributed by atoms with E-state index < -0.39 is 18.3 Å². The van der Waals surface area contributed by atoms with Crippen molar-refractivity contribution in [2.75, 3.05) is 0 Å². The van der Waals surface area contributed by atoms with Crippen molar-refractivity contribution >= 4 is 0 Å². The highest BCUT2D eigenvalue weighted by Crippen LogP contribution is 2.32. The molecule has 0 amide bonds. The molecule has 2 unspecified atom stereocenters. The molecule has 2 N–H and O–H groups in total. The van der Waals surface area contributed by atoms with E-state index in [1.807, 2.05) is 26.8 Å². The van der Waals surface area contributed by atoms with Crippen LogP contribution in [0.15, 0.2) is 18.2 Å². The number of hydrogen-bond acceptors (Lipinski definition) is 2. The average Bonchev–Trinajstić information content (AvgIpc) is 2.23. The van der Waals surface area contributed by atoms with Crippen molar-refractivity contribution in [1.82, 2.24) is 0 Å². The number of ether oxygens (including phenoxy) is 1. The molecule has 2 nitrogen and oxygen atoms in total. The fourth-order valence-corrected chi connectivity index (χ4v) is 1.83. The normalized spacial score (nSPS) is 15.4. The average molecular weight is 275 g/mol. The van der Waals surface area contributed by atoms with Crippen LogP contribution < -0.4 is 10.5 Å². The summed E-state index contributed by atoms with van der Waals surface area (Å²) in [4.78, 5) is 0. The zero-order valence-electron chi connectivity index (χ0n) is 11.6. The molecule has 1 aromatic carbocycles. The van der Waals surface area contributed by atoms with Crippen LogP contribution in [0.5, 0.6) is 5.75 Å². The van der Waals surface area contributed by atoms with Crippen molar-refractivity contribution in [3.05, 3.63) is 29.3 Å². The van der Waals surface area contributed by atoms with Crippen LogP contribution in [-0.2, 0) is 0 Å². The van der Waals surface area contributed by atoms with E-state index in [0.29, 0.717) is 0 Å². The van der Waals surface area contributed by atoms with Crippen molar-refractivity contribution in [1.29, 1.82) is 0 Å². The summed E-state index contributed by atoms with van der Waals surface area (Å²) in [5, 5.41) is 0. The number of rotatable bonds is 4. The lowest BCUT2D eigenvalue weighted by molar-refractivity contribution is -0.199. The lowest BCUT2D eigenvalue weighted by atomic mass is 10.0. The number of halogens is 3. The maximum Gasteiger partial charge on any atom is 0.426 e. The topological polar surface area (TPSA) is 35.2 Å². The van der Waals surface area contributed by atoms with Gasteiger partial charge in [0, 0.05) is 6.04 Å². The minimum Gasteiger partial charge on any atom is -0.479 e. The minimum absolute atomic E-state index is 0.0811. The third kappa shape index (κ3) is 4.13. The maximum absolute atomic E-state index is 12.9. The van der Waals surface area contributed by atoms with Gasteiger partial charge in [0.15, 0.2) is 0 Å². The van der Waals surface area contributed by atoms with Crippen LogP contribution in [0.25, 0.3) is 0 Å². The standard InChI is InChI=1S/C14H20F3NO/c1-8(2)11-6-5-9(3)7-12(11)19-13(10(4)18)14(15,16)17/h5-8,10,13H,18H2,1-4H3. The Hall–Kier alpha value is -1.23. The summed E-state index contributed by atoms with van der Waals surface area (Å²) in [6.07, 6.45) is -6.47. The molecular weight excluding hydrogens is 255 g/mol. The van der Waals surface area contributed by atoms with Gasteiger partial charge in [0.25, 0.3) is 0 Å². The molecule has 108 valence electrons. The quantitative estimate of drug-likeness (QED) is 0.907. The second kappa shape index (κ2) is 5.82. The second-order valence-corrected chi connectivity index (χ2v) is 5.14. The summed E-state index contributed by atoms with van der Waals surface area (Å²) in [7, 11) is 0. The molecule has 0 aromatic heterocycles. The van der Waals surface area contributed by atoms with Crippen LogP contribution in [0.4, 0.5) is 13.2 Å². The third-order valence-corrected chi connectivity index (χ3v) is 2.85. The predicted octanol–water partition coefficient (Wildman–Crippen LogP) is 3.78. The van der Waals surface area contributed by atoms with E-state index in [0.717, 1.165) is 11.1 Å². The lowest BCUT2D eigenvalue weighted by Crippen LogP contribution is -2.47. The van der Waals surface area contributed by atoms with E-state index >= 15 is 0 Å². The Labute approximate surface area is 111 Å². The Morgan fingerprint density at radius 2 is 1.74 bits per heavy atom. The molecule has 0 saturated heterocycles. The molecule has 1 rings (SSSR count). The summed E-state index contributed by atoms with van der Waals surface area (Å²) < 4.78 is 43.8. The highest BCUT2D eigenvalue weighted by atomic mass is 19.4. The van der Waals surface area contributed by atoms with Gasteiger partial charge in [-0.2, -0.15) is 13.2 Å². The van der Waals surface area contributed by atoms with Crippen LogP contribution in [0, 0.1) is 6.92 Å². The predicted molar refractivity (Wildman–Crippen MR) is 69.4 cm³/mol. The number of aryl methyl sites for hydroxylation is 1. The zero-order chi connectivity index (χ0) is 14.8. The fraction of sp³-hybridized carbons (Fsp3) is 0.571. The van der Waals surface area contributed by atoms with Gasteiger partial charge >= 0.3 is 6.18 Å². The molecule has 0 heterocycles. The fourth-order valence-electron chi connectivity index (χ4n) is 1.83. The first-order valence-electron chi connectivity index (χ1n) is 6.22. The van der Waals surface area contributed by atoms with Gasteiger partial charge in [-0.15, -0.1) is 0 Å². The molecule has 0 aliphatic heterocycles. The van der Waals surface area contributed by atoms with Gasteiger partial charge in [0.2, 0.25) is 6.10 Å². The summed E-state index contributed by atoms with van der Waals surface area (Å²) in [5.74, 6) is 0.340. The van der Waals surface area contributed by atoms with Crippen molar-refractivity contribution < 1.29 is 17.9 Å². The largest absolute Gasteiger partial charge is 0.479 e. The summed E-state index contributed by atoms with van der Waals surface area (Å²) in [5.41, 5.74) is 6.99. The molecule has 2 atom stereocenters. The first-order chi connectivity index (χ1) is 8.62. The van der Waals surface area contributed by atoms with Crippen LogP contribution in [0.1, 0.15) is 37.8 Å². The molecule has 0 aliphatic carbocycles. The molecule has 0 fully saturated rings. The molecule has 0 bridgehead atoms. The van der Waals surface area contributed by atoms with Crippen LogP contribution in [0.2, 0.25) is 0 Å². The second-order valence-electron chi connectivity index (χ2n) is 5.14. The number of benzene rings is 1. The Bertz CT molecular complexity index is 427.